The van der Waals surface area contributed by atoms with E-state index in [9.17, 15) is 4.39 Å². The average Bonchev–Trinajstić information content (AvgIpc) is 3.01. The van der Waals surface area contributed by atoms with Gasteiger partial charge in [0.15, 0.2) is 0 Å². The molecule has 3 aromatic carbocycles. The Bertz CT molecular complexity index is 1230. The van der Waals surface area contributed by atoms with Crippen molar-refractivity contribution < 1.29 is 13.9 Å². The Labute approximate surface area is 232 Å². The normalized spacial score (nSPS) is 13.1. The molecule has 0 aliphatic carbocycles. The summed E-state index contributed by atoms with van der Waals surface area (Å²) in [4.78, 5) is 4.22. The summed E-state index contributed by atoms with van der Waals surface area (Å²) in [6, 6.07) is 25.2. The Hall–Kier alpha value is -3.32. The number of nitrogens with two attached hydrogens (primary N) is 1. The minimum atomic E-state index is -0.215. The van der Waals surface area contributed by atoms with Gasteiger partial charge in [0.05, 0.1) is 25.3 Å². The van der Waals surface area contributed by atoms with Gasteiger partial charge in [0.25, 0.3) is 0 Å². The molecule has 0 bridgehead atoms. The van der Waals surface area contributed by atoms with Gasteiger partial charge >= 0.3 is 0 Å². The molecule has 1 fully saturated rings. The van der Waals surface area contributed by atoms with Gasteiger partial charge in [-0.25, -0.2) is 4.39 Å². The predicted octanol–water partition coefficient (Wildman–Crippen LogP) is 7.00. The fraction of sp³-hybridized carbons (Fsp3) is 0.364. The largest absolute Gasteiger partial charge is 0.494 e. The number of benzene rings is 3. The number of halogens is 1. The molecule has 5 rings (SSSR count). The highest BCUT2D eigenvalue weighted by atomic mass is 19.1. The summed E-state index contributed by atoms with van der Waals surface area (Å²) in [6.07, 6.45) is 4.99. The summed E-state index contributed by atoms with van der Waals surface area (Å²) in [7, 11) is 0. The van der Waals surface area contributed by atoms with Crippen LogP contribution in [-0.4, -0.2) is 31.3 Å². The van der Waals surface area contributed by atoms with Crippen LogP contribution in [0.4, 0.5) is 4.39 Å². The molecule has 0 amide bonds. The van der Waals surface area contributed by atoms with Crippen LogP contribution in [0.15, 0.2) is 85.1 Å². The van der Waals surface area contributed by atoms with Crippen LogP contribution in [-0.2, 0) is 17.9 Å². The number of rotatable bonds is 9. The van der Waals surface area contributed by atoms with E-state index >= 15 is 0 Å². The summed E-state index contributed by atoms with van der Waals surface area (Å²) in [6.45, 7) is 8.26. The molecule has 208 valence electrons. The van der Waals surface area contributed by atoms with Crippen molar-refractivity contribution in [3.8, 4) is 5.75 Å². The predicted molar refractivity (Wildman–Crippen MR) is 158 cm³/mol. The Balaban J connectivity index is 0.000000250. The van der Waals surface area contributed by atoms with Crippen LogP contribution < -0.4 is 15.8 Å². The van der Waals surface area contributed by atoms with Crippen molar-refractivity contribution in [3.05, 3.63) is 108 Å². The van der Waals surface area contributed by atoms with E-state index in [2.05, 4.69) is 40.6 Å². The Morgan fingerprint density at radius 3 is 2.44 bits per heavy atom. The lowest BCUT2D eigenvalue weighted by molar-refractivity contribution is 0.105. The number of fused-ring (bicyclic) bond motifs is 1. The summed E-state index contributed by atoms with van der Waals surface area (Å²) in [5.74, 6) is 1.35. The summed E-state index contributed by atoms with van der Waals surface area (Å²) in [5, 5.41) is 4.55. The van der Waals surface area contributed by atoms with Gasteiger partial charge in [0.1, 0.15) is 11.6 Å². The second kappa shape index (κ2) is 17.3. The fourth-order valence-corrected chi connectivity index (χ4v) is 4.39. The molecular weight excluding hydrogens is 489 g/mol. The molecule has 0 radical (unpaired) electrons. The zero-order valence-electron chi connectivity index (χ0n) is 23.2. The van der Waals surface area contributed by atoms with E-state index in [0.29, 0.717) is 37.8 Å². The van der Waals surface area contributed by atoms with E-state index in [1.165, 1.54) is 24.5 Å². The fourth-order valence-electron chi connectivity index (χ4n) is 4.39. The van der Waals surface area contributed by atoms with E-state index < -0.39 is 0 Å². The van der Waals surface area contributed by atoms with Gasteiger partial charge in [-0.15, -0.1) is 0 Å². The topological polar surface area (TPSA) is 69.4 Å². The molecule has 2 heterocycles. The molecular formula is C33H42FN3O2. The standard InChI is InChI=1S/C21H26FNO2.C10H10N2.C2H6/c22-21-5-2-1-4-19(21)16-24-14-3-15-25-20-8-6-17(7-9-20)18-10-12-23-13-11-18;11-7-8-3-4-10-9(6-8)2-1-5-12-10;1-2/h1-2,4-9,18,23H,3,10-16H2;1-6H,7,11H2;1-2H3. The molecule has 39 heavy (non-hydrogen) atoms. The molecule has 1 aromatic heterocycles. The molecule has 0 unspecified atom stereocenters. The van der Waals surface area contributed by atoms with Crippen LogP contribution in [0.5, 0.6) is 5.75 Å². The lowest BCUT2D eigenvalue weighted by atomic mass is 9.90. The van der Waals surface area contributed by atoms with Crippen LogP contribution in [0.2, 0.25) is 0 Å². The lowest BCUT2D eigenvalue weighted by Crippen LogP contribution is -2.26. The van der Waals surface area contributed by atoms with Crippen LogP contribution in [0.25, 0.3) is 10.9 Å². The third kappa shape index (κ3) is 10.1. The Morgan fingerprint density at radius 1 is 0.923 bits per heavy atom. The van der Waals surface area contributed by atoms with Gasteiger partial charge in [-0.1, -0.05) is 56.3 Å². The molecule has 1 saturated heterocycles. The van der Waals surface area contributed by atoms with Crippen LogP contribution in [0, 0.1) is 5.82 Å². The molecule has 0 spiro atoms. The first-order valence-corrected chi connectivity index (χ1v) is 14.0. The second-order valence-electron chi connectivity index (χ2n) is 9.17. The minimum Gasteiger partial charge on any atom is -0.494 e. The lowest BCUT2D eigenvalue weighted by Gasteiger charge is -2.23. The highest BCUT2D eigenvalue weighted by Gasteiger charge is 2.14. The molecule has 4 aromatic rings. The van der Waals surface area contributed by atoms with E-state index in [1.807, 2.05) is 44.2 Å². The van der Waals surface area contributed by atoms with Crippen molar-refractivity contribution in [2.24, 2.45) is 5.73 Å². The monoisotopic (exact) mass is 531 g/mol. The van der Waals surface area contributed by atoms with Crippen molar-refractivity contribution in [3.63, 3.8) is 0 Å². The SMILES string of the molecule is CC.Fc1ccccc1COCCCOc1ccc(C2CCNCC2)cc1.NCc1ccc2ncccc2c1. The number of ether oxygens (including phenoxy) is 2. The first-order valence-electron chi connectivity index (χ1n) is 14.0. The highest BCUT2D eigenvalue weighted by Crippen LogP contribution is 2.26. The Kier molecular flexibility index (Phi) is 13.4. The van der Waals surface area contributed by atoms with E-state index in [0.717, 1.165) is 41.7 Å². The van der Waals surface area contributed by atoms with Crippen molar-refractivity contribution in [1.29, 1.82) is 0 Å². The average molecular weight is 532 g/mol. The number of aromatic nitrogens is 1. The van der Waals surface area contributed by atoms with Gasteiger partial charge < -0.3 is 20.5 Å². The van der Waals surface area contributed by atoms with E-state index in [-0.39, 0.29) is 5.82 Å². The first-order chi connectivity index (χ1) is 19.2. The van der Waals surface area contributed by atoms with Crippen molar-refractivity contribution in [2.75, 3.05) is 26.3 Å². The van der Waals surface area contributed by atoms with E-state index in [1.54, 1.807) is 18.3 Å². The molecule has 3 N–H and O–H groups in total. The molecule has 1 aliphatic heterocycles. The number of hydrogen-bond donors (Lipinski definition) is 2. The van der Waals surface area contributed by atoms with Gasteiger partial charge in [0, 0.05) is 30.1 Å². The molecule has 5 nitrogen and oxygen atoms in total. The van der Waals surface area contributed by atoms with Gasteiger partial charge in [-0.2, -0.15) is 0 Å². The third-order valence-electron chi connectivity index (χ3n) is 6.51. The summed E-state index contributed by atoms with van der Waals surface area (Å²) in [5.41, 5.74) is 9.69. The zero-order valence-corrected chi connectivity index (χ0v) is 23.2. The number of hydrogen-bond acceptors (Lipinski definition) is 5. The van der Waals surface area contributed by atoms with Crippen LogP contribution in [0.3, 0.4) is 0 Å². The molecule has 6 heteroatoms. The third-order valence-corrected chi connectivity index (χ3v) is 6.51. The van der Waals surface area contributed by atoms with Crippen molar-refractivity contribution in [2.45, 2.75) is 52.2 Å². The number of piperidine rings is 1. The zero-order chi connectivity index (χ0) is 27.7. The number of nitrogens with zero attached hydrogens (tertiary/aromatic N) is 1. The van der Waals surface area contributed by atoms with E-state index in [4.69, 9.17) is 15.2 Å². The number of pyridine rings is 1. The first kappa shape index (κ1) is 30.2. The number of nitrogens with one attached hydrogen (secondary N) is 1. The van der Waals surface area contributed by atoms with Crippen molar-refractivity contribution >= 4 is 10.9 Å². The summed E-state index contributed by atoms with van der Waals surface area (Å²) >= 11 is 0. The second-order valence-corrected chi connectivity index (χ2v) is 9.17. The van der Waals surface area contributed by atoms with Crippen LogP contribution in [0.1, 0.15) is 55.7 Å². The maximum Gasteiger partial charge on any atom is 0.128 e. The maximum absolute atomic E-state index is 13.4. The minimum absolute atomic E-state index is 0.215. The van der Waals surface area contributed by atoms with Gasteiger partial charge in [0.2, 0.25) is 0 Å². The van der Waals surface area contributed by atoms with Crippen LogP contribution >= 0.6 is 0 Å². The Morgan fingerprint density at radius 2 is 1.69 bits per heavy atom. The maximum atomic E-state index is 13.4. The highest BCUT2D eigenvalue weighted by molar-refractivity contribution is 5.78. The van der Waals surface area contributed by atoms with Gasteiger partial charge in [-0.3, -0.25) is 4.98 Å². The smallest absolute Gasteiger partial charge is 0.128 e. The summed E-state index contributed by atoms with van der Waals surface area (Å²) < 4.78 is 24.7. The van der Waals surface area contributed by atoms with Gasteiger partial charge in [-0.05, 0) is 79.4 Å². The quantitative estimate of drug-likeness (QED) is 0.228. The van der Waals surface area contributed by atoms with Crippen molar-refractivity contribution in [1.82, 2.24) is 10.3 Å². The molecule has 0 saturated carbocycles. The molecule has 1 aliphatic rings. The molecule has 0 atom stereocenters.